The van der Waals surface area contributed by atoms with Crippen molar-refractivity contribution in [1.29, 1.82) is 0 Å². The zero-order chi connectivity index (χ0) is 18.3. The van der Waals surface area contributed by atoms with Gasteiger partial charge in [0.05, 0.1) is 11.8 Å². The molecule has 26 heavy (non-hydrogen) atoms. The Morgan fingerprint density at radius 3 is 2.54 bits per heavy atom. The van der Waals surface area contributed by atoms with Crippen LogP contribution < -0.4 is 0 Å². The minimum atomic E-state index is -0.388. The summed E-state index contributed by atoms with van der Waals surface area (Å²) >= 11 is 0. The molecular formula is C21H29N3O2. The lowest BCUT2D eigenvalue weighted by Crippen LogP contribution is -2.49. The monoisotopic (exact) mass is 355 g/mol. The molecule has 3 aliphatic rings. The average molecular weight is 355 g/mol. The lowest BCUT2D eigenvalue weighted by molar-refractivity contribution is -0.141. The molecule has 5 nitrogen and oxygen atoms in total. The van der Waals surface area contributed by atoms with Gasteiger partial charge in [-0.25, -0.2) is 0 Å². The predicted molar refractivity (Wildman–Crippen MR) is 101 cm³/mol. The highest BCUT2D eigenvalue weighted by Gasteiger charge is 2.58. The van der Waals surface area contributed by atoms with E-state index in [2.05, 4.69) is 24.9 Å². The summed E-state index contributed by atoms with van der Waals surface area (Å²) < 4.78 is 0. The van der Waals surface area contributed by atoms with Crippen LogP contribution in [0.4, 0.5) is 0 Å². The fourth-order valence-electron chi connectivity index (χ4n) is 5.13. The number of rotatable bonds is 3. The number of benzene rings is 1. The van der Waals surface area contributed by atoms with Crippen LogP contribution in [0.25, 0.3) is 0 Å². The Morgan fingerprint density at radius 1 is 1.08 bits per heavy atom. The third kappa shape index (κ3) is 2.92. The third-order valence-electron chi connectivity index (χ3n) is 6.55. The SMILES string of the molecule is Cc1ccccc1CC(=O)N1C[C@@H]2CN(C)C[C@]2(C(=O)N2CCCC2)C1. The van der Waals surface area contributed by atoms with Crippen molar-refractivity contribution in [3.63, 3.8) is 0 Å². The number of aryl methyl sites for hydroxylation is 1. The highest BCUT2D eigenvalue weighted by Crippen LogP contribution is 2.44. The van der Waals surface area contributed by atoms with Gasteiger partial charge in [-0.3, -0.25) is 9.59 Å². The number of hydrogen-bond acceptors (Lipinski definition) is 3. The predicted octanol–water partition coefficient (Wildman–Crippen LogP) is 1.55. The number of amides is 2. The van der Waals surface area contributed by atoms with Crippen molar-refractivity contribution in [2.75, 3.05) is 46.3 Å². The Hall–Kier alpha value is -1.88. The van der Waals surface area contributed by atoms with Crippen molar-refractivity contribution in [2.45, 2.75) is 26.2 Å². The topological polar surface area (TPSA) is 43.9 Å². The molecule has 0 saturated carbocycles. The molecule has 140 valence electrons. The summed E-state index contributed by atoms with van der Waals surface area (Å²) in [4.78, 5) is 32.6. The summed E-state index contributed by atoms with van der Waals surface area (Å²) in [5.74, 6) is 0.710. The van der Waals surface area contributed by atoms with E-state index in [0.29, 0.717) is 19.5 Å². The molecule has 4 rings (SSSR count). The number of nitrogens with zero attached hydrogens (tertiary/aromatic N) is 3. The first kappa shape index (κ1) is 17.5. The van der Waals surface area contributed by atoms with E-state index >= 15 is 0 Å². The van der Waals surface area contributed by atoms with Crippen LogP contribution in [0.1, 0.15) is 24.0 Å². The van der Waals surface area contributed by atoms with Gasteiger partial charge < -0.3 is 14.7 Å². The Labute approximate surface area is 155 Å². The Bertz CT molecular complexity index is 713. The Morgan fingerprint density at radius 2 is 1.81 bits per heavy atom. The quantitative estimate of drug-likeness (QED) is 0.826. The van der Waals surface area contributed by atoms with Crippen molar-refractivity contribution in [2.24, 2.45) is 11.3 Å². The lowest BCUT2D eigenvalue weighted by atomic mass is 9.79. The maximum Gasteiger partial charge on any atom is 0.232 e. The van der Waals surface area contributed by atoms with Crippen LogP contribution in [0.15, 0.2) is 24.3 Å². The molecule has 1 aromatic carbocycles. The van der Waals surface area contributed by atoms with Gasteiger partial charge in [0.25, 0.3) is 0 Å². The molecular weight excluding hydrogens is 326 g/mol. The maximum absolute atomic E-state index is 13.3. The van der Waals surface area contributed by atoms with Crippen LogP contribution in [0.5, 0.6) is 0 Å². The van der Waals surface area contributed by atoms with E-state index in [4.69, 9.17) is 0 Å². The second-order valence-electron chi connectivity index (χ2n) is 8.43. The number of fused-ring (bicyclic) bond motifs is 1. The van der Waals surface area contributed by atoms with E-state index in [0.717, 1.165) is 50.1 Å². The van der Waals surface area contributed by atoms with Crippen LogP contribution in [0.2, 0.25) is 0 Å². The molecule has 0 radical (unpaired) electrons. The van der Waals surface area contributed by atoms with E-state index in [9.17, 15) is 9.59 Å². The molecule has 0 N–H and O–H groups in total. The normalized spacial score (nSPS) is 28.6. The van der Waals surface area contributed by atoms with Gasteiger partial charge in [0, 0.05) is 45.2 Å². The summed E-state index contributed by atoms with van der Waals surface area (Å²) in [5.41, 5.74) is 1.86. The molecule has 3 heterocycles. The molecule has 1 aromatic rings. The highest BCUT2D eigenvalue weighted by atomic mass is 16.2. The zero-order valence-corrected chi connectivity index (χ0v) is 15.9. The first-order chi connectivity index (χ1) is 12.5. The van der Waals surface area contributed by atoms with E-state index in [1.54, 1.807) is 0 Å². The Kier molecular flexibility index (Phi) is 4.51. The first-order valence-electron chi connectivity index (χ1n) is 9.80. The molecule has 0 spiro atoms. The Balaban J connectivity index is 1.51. The minimum absolute atomic E-state index is 0.157. The molecule has 2 atom stereocenters. The third-order valence-corrected chi connectivity index (χ3v) is 6.55. The van der Waals surface area contributed by atoms with Gasteiger partial charge in [0.1, 0.15) is 0 Å². The summed E-state index contributed by atoms with van der Waals surface area (Å²) in [7, 11) is 2.09. The van der Waals surface area contributed by atoms with E-state index < -0.39 is 0 Å². The van der Waals surface area contributed by atoms with Gasteiger partial charge in [-0.05, 0) is 37.9 Å². The number of hydrogen-bond donors (Lipinski definition) is 0. The maximum atomic E-state index is 13.3. The van der Waals surface area contributed by atoms with E-state index in [1.165, 1.54) is 0 Å². The molecule has 0 aliphatic carbocycles. The first-order valence-corrected chi connectivity index (χ1v) is 9.80. The smallest absolute Gasteiger partial charge is 0.232 e. The fraction of sp³-hybridized carbons (Fsp3) is 0.619. The lowest BCUT2D eigenvalue weighted by Gasteiger charge is -2.32. The molecule has 3 aliphatic heterocycles. The van der Waals surface area contributed by atoms with Crippen LogP contribution in [0.3, 0.4) is 0 Å². The average Bonchev–Trinajstić information content (AvgIpc) is 3.30. The largest absolute Gasteiger partial charge is 0.342 e. The minimum Gasteiger partial charge on any atom is -0.342 e. The molecule has 3 fully saturated rings. The van der Waals surface area contributed by atoms with E-state index in [1.807, 2.05) is 28.0 Å². The van der Waals surface area contributed by atoms with Gasteiger partial charge in [-0.2, -0.15) is 0 Å². The van der Waals surface area contributed by atoms with Gasteiger partial charge in [0.2, 0.25) is 11.8 Å². The van der Waals surface area contributed by atoms with Crippen molar-refractivity contribution in [1.82, 2.24) is 14.7 Å². The second kappa shape index (κ2) is 6.69. The van der Waals surface area contributed by atoms with Gasteiger partial charge in [-0.15, -0.1) is 0 Å². The molecule has 2 amide bonds. The van der Waals surface area contributed by atoms with Crippen molar-refractivity contribution in [3.05, 3.63) is 35.4 Å². The van der Waals surface area contributed by atoms with Crippen molar-refractivity contribution in [3.8, 4) is 0 Å². The summed E-state index contributed by atoms with van der Waals surface area (Å²) in [6.45, 7) is 6.81. The summed E-state index contributed by atoms with van der Waals surface area (Å²) in [6, 6.07) is 8.07. The fourth-order valence-corrected chi connectivity index (χ4v) is 5.13. The van der Waals surface area contributed by atoms with Gasteiger partial charge >= 0.3 is 0 Å². The van der Waals surface area contributed by atoms with Gasteiger partial charge in [-0.1, -0.05) is 24.3 Å². The van der Waals surface area contributed by atoms with Crippen LogP contribution >= 0.6 is 0 Å². The van der Waals surface area contributed by atoms with Crippen LogP contribution in [0, 0.1) is 18.3 Å². The number of carbonyl (C=O) groups excluding carboxylic acids is 2. The molecule has 0 unspecified atom stereocenters. The molecule has 0 aromatic heterocycles. The molecule has 3 saturated heterocycles. The number of likely N-dealkylation sites (tertiary alicyclic amines) is 3. The second-order valence-corrected chi connectivity index (χ2v) is 8.43. The molecule has 5 heteroatoms. The van der Waals surface area contributed by atoms with E-state index in [-0.39, 0.29) is 23.1 Å². The van der Waals surface area contributed by atoms with Crippen LogP contribution in [-0.2, 0) is 16.0 Å². The standard InChI is InChI=1S/C21H29N3O2/c1-16-7-3-4-8-17(16)11-19(25)24-13-18-12-22(2)14-21(18,15-24)20(26)23-9-5-6-10-23/h3-4,7-8,18H,5-6,9-15H2,1-2H3/t18-,21-/m0/s1. The van der Waals surface area contributed by atoms with Crippen LogP contribution in [-0.4, -0.2) is 72.8 Å². The summed E-state index contributed by atoms with van der Waals surface area (Å²) in [6.07, 6.45) is 2.65. The highest BCUT2D eigenvalue weighted by molar-refractivity contribution is 5.87. The summed E-state index contributed by atoms with van der Waals surface area (Å²) in [5, 5.41) is 0. The zero-order valence-electron chi connectivity index (χ0n) is 15.9. The molecule has 0 bridgehead atoms. The van der Waals surface area contributed by atoms with Crippen molar-refractivity contribution < 1.29 is 9.59 Å². The van der Waals surface area contributed by atoms with Gasteiger partial charge in [0.15, 0.2) is 0 Å². The number of carbonyl (C=O) groups is 2. The van der Waals surface area contributed by atoms with Crippen molar-refractivity contribution >= 4 is 11.8 Å².